The summed E-state index contributed by atoms with van der Waals surface area (Å²) in [5.74, 6) is 0.544. The molecule has 1 aromatic heterocycles. The fourth-order valence-electron chi connectivity index (χ4n) is 2.83. The summed E-state index contributed by atoms with van der Waals surface area (Å²) < 4.78 is 1.18. The second-order valence-electron chi connectivity index (χ2n) is 5.50. The van der Waals surface area contributed by atoms with Crippen molar-refractivity contribution in [3.8, 4) is 0 Å². The van der Waals surface area contributed by atoms with Crippen LogP contribution in [-0.4, -0.2) is 15.3 Å². The zero-order valence-electron chi connectivity index (χ0n) is 11.4. The third kappa shape index (κ3) is 2.85. The molecule has 1 heterocycles. The van der Waals surface area contributed by atoms with Crippen molar-refractivity contribution in [1.82, 2.24) is 9.55 Å². The molecule has 2 unspecified atom stereocenters. The van der Waals surface area contributed by atoms with Crippen LogP contribution in [0.5, 0.6) is 0 Å². The van der Waals surface area contributed by atoms with Gasteiger partial charge >= 0.3 is 5.69 Å². The van der Waals surface area contributed by atoms with Gasteiger partial charge in [0.2, 0.25) is 0 Å². The number of ketones is 1. The Balaban J connectivity index is 2.34. The van der Waals surface area contributed by atoms with Crippen LogP contribution >= 0.6 is 0 Å². The van der Waals surface area contributed by atoms with Crippen molar-refractivity contribution in [2.24, 2.45) is 11.8 Å². The van der Waals surface area contributed by atoms with Crippen molar-refractivity contribution in [3.05, 3.63) is 32.6 Å². The number of hydrogen-bond donors (Lipinski definition) is 1. The lowest BCUT2D eigenvalue weighted by Crippen LogP contribution is -2.40. The number of hydrogen-bond acceptors (Lipinski definition) is 3. The van der Waals surface area contributed by atoms with Crippen molar-refractivity contribution in [2.45, 2.75) is 46.1 Å². The third-order valence-corrected chi connectivity index (χ3v) is 4.15. The fourth-order valence-corrected chi connectivity index (χ4v) is 2.83. The average Bonchev–Trinajstić information content (AvgIpc) is 2.36. The van der Waals surface area contributed by atoms with E-state index in [2.05, 4.69) is 11.9 Å². The lowest BCUT2D eigenvalue weighted by atomic mass is 9.80. The van der Waals surface area contributed by atoms with E-state index in [9.17, 15) is 14.4 Å². The molecule has 0 bridgehead atoms. The van der Waals surface area contributed by atoms with Gasteiger partial charge < -0.3 is 4.98 Å². The normalized spacial score (nSPS) is 23.3. The third-order valence-electron chi connectivity index (χ3n) is 4.15. The van der Waals surface area contributed by atoms with Crippen molar-refractivity contribution in [2.75, 3.05) is 0 Å². The van der Waals surface area contributed by atoms with Gasteiger partial charge in [0.05, 0.1) is 5.56 Å². The summed E-state index contributed by atoms with van der Waals surface area (Å²) in [6.45, 7) is 3.91. The van der Waals surface area contributed by atoms with Crippen LogP contribution in [0.25, 0.3) is 0 Å². The van der Waals surface area contributed by atoms with Gasteiger partial charge in [0, 0.05) is 12.7 Å². The minimum atomic E-state index is -0.464. The predicted octanol–water partition coefficient (Wildman–Crippen LogP) is 1.57. The molecule has 1 saturated carbocycles. The van der Waals surface area contributed by atoms with Crippen LogP contribution in [-0.2, 0) is 6.54 Å². The van der Waals surface area contributed by atoms with Gasteiger partial charge in [-0.05, 0) is 25.2 Å². The van der Waals surface area contributed by atoms with E-state index >= 15 is 0 Å². The zero-order chi connectivity index (χ0) is 14.0. The van der Waals surface area contributed by atoms with E-state index in [1.165, 1.54) is 24.1 Å². The average molecular weight is 264 g/mol. The number of H-pyrrole nitrogens is 1. The van der Waals surface area contributed by atoms with E-state index in [0.717, 1.165) is 19.3 Å². The molecular formula is C14H20N2O3. The van der Waals surface area contributed by atoms with Crippen LogP contribution in [0.4, 0.5) is 0 Å². The molecule has 5 heteroatoms. The highest BCUT2D eigenvalue weighted by atomic mass is 16.2. The summed E-state index contributed by atoms with van der Waals surface area (Å²) in [4.78, 5) is 37.8. The SMILES string of the molecule is CC(=O)c1c[nH]c(=O)n(CC2CCCCC2C)c1=O. The monoisotopic (exact) mass is 264 g/mol. The van der Waals surface area contributed by atoms with Gasteiger partial charge in [-0.1, -0.05) is 26.2 Å². The van der Waals surface area contributed by atoms with Crippen LogP contribution in [0, 0.1) is 11.8 Å². The second kappa shape index (κ2) is 5.55. The molecule has 0 amide bonds. The molecule has 19 heavy (non-hydrogen) atoms. The molecule has 0 aliphatic heterocycles. The first-order valence-electron chi connectivity index (χ1n) is 6.84. The Morgan fingerprint density at radius 2 is 2.05 bits per heavy atom. The molecule has 0 spiro atoms. The lowest BCUT2D eigenvalue weighted by Gasteiger charge is -2.28. The number of carbonyl (C=O) groups is 1. The van der Waals surface area contributed by atoms with Crippen molar-refractivity contribution < 1.29 is 4.79 Å². The molecular weight excluding hydrogens is 244 g/mol. The minimum absolute atomic E-state index is 0.0584. The maximum atomic E-state index is 12.1. The highest BCUT2D eigenvalue weighted by Gasteiger charge is 2.23. The number of carbonyl (C=O) groups excluding carboxylic acids is 1. The standard InChI is InChI=1S/C14H20N2O3/c1-9-5-3-4-6-11(9)8-16-13(18)12(10(2)17)7-15-14(16)19/h7,9,11H,3-6,8H2,1-2H3,(H,15,19). The Morgan fingerprint density at radius 3 is 2.68 bits per heavy atom. The molecule has 104 valence electrons. The van der Waals surface area contributed by atoms with Gasteiger partial charge in [0.25, 0.3) is 5.56 Å². The molecule has 0 aromatic carbocycles. The molecule has 2 atom stereocenters. The highest BCUT2D eigenvalue weighted by Crippen LogP contribution is 2.30. The van der Waals surface area contributed by atoms with Crippen LogP contribution < -0.4 is 11.2 Å². The van der Waals surface area contributed by atoms with Gasteiger partial charge in [-0.3, -0.25) is 14.2 Å². The van der Waals surface area contributed by atoms with E-state index in [0.29, 0.717) is 18.4 Å². The van der Waals surface area contributed by atoms with E-state index in [1.807, 2.05) is 0 Å². The topological polar surface area (TPSA) is 71.9 Å². The minimum Gasteiger partial charge on any atom is -0.313 e. The Labute approximate surface area is 111 Å². The summed E-state index contributed by atoms with van der Waals surface area (Å²) in [5, 5.41) is 0. The number of rotatable bonds is 3. The predicted molar refractivity (Wildman–Crippen MR) is 72.4 cm³/mol. The molecule has 1 N–H and O–H groups in total. The first kappa shape index (κ1) is 13.8. The molecule has 1 aromatic rings. The quantitative estimate of drug-likeness (QED) is 0.842. The van der Waals surface area contributed by atoms with Crippen molar-refractivity contribution >= 4 is 5.78 Å². The summed E-state index contributed by atoms with van der Waals surface area (Å²) >= 11 is 0. The largest absolute Gasteiger partial charge is 0.328 e. The highest BCUT2D eigenvalue weighted by molar-refractivity contribution is 5.93. The smallest absolute Gasteiger partial charge is 0.313 e. The van der Waals surface area contributed by atoms with Crippen LogP contribution in [0.15, 0.2) is 15.8 Å². The number of nitrogens with one attached hydrogen (secondary N) is 1. The zero-order valence-corrected chi connectivity index (χ0v) is 11.4. The first-order valence-corrected chi connectivity index (χ1v) is 6.84. The molecule has 5 nitrogen and oxygen atoms in total. The lowest BCUT2D eigenvalue weighted by molar-refractivity contribution is 0.101. The number of Topliss-reactive ketones (excluding diaryl/α,β-unsaturated/α-hetero) is 1. The van der Waals surface area contributed by atoms with Crippen molar-refractivity contribution in [1.29, 1.82) is 0 Å². The fraction of sp³-hybridized carbons (Fsp3) is 0.643. The Kier molecular flexibility index (Phi) is 4.02. The maximum absolute atomic E-state index is 12.1. The van der Waals surface area contributed by atoms with E-state index in [4.69, 9.17) is 0 Å². The summed E-state index contributed by atoms with van der Waals surface area (Å²) in [6.07, 6.45) is 5.76. The van der Waals surface area contributed by atoms with Crippen LogP contribution in [0.3, 0.4) is 0 Å². The number of aromatic amines is 1. The maximum Gasteiger partial charge on any atom is 0.328 e. The molecule has 1 fully saturated rings. The van der Waals surface area contributed by atoms with E-state index in [1.54, 1.807) is 0 Å². The molecule has 1 aliphatic rings. The Morgan fingerprint density at radius 1 is 1.37 bits per heavy atom. The number of aromatic nitrogens is 2. The van der Waals surface area contributed by atoms with Gasteiger partial charge in [-0.2, -0.15) is 0 Å². The molecule has 1 aliphatic carbocycles. The van der Waals surface area contributed by atoms with Crippen molar-refractivity contribution in [3.63, 3.8) is 0 Å². The summed E-state index contributed by atoms with van der Waals surface area (Å²) in [7, 11) is 0. The molecule has 2 rings (SSSR count). The van der Waals surface area contributed by atoms with Crippen LogP contribution in [0.2, 0.25) is 0 Å². The molecule has 0 saturated heterocycles. The molecule has 0 radical (unpaired) electrons. The van der Waals surface area contributed by atoms with E-state index in [-0.39, 0.29) is 11.3 Å². The van der Waals surface area contributed by atoms with Gasteiger partial charge in [-0.25, -0.2) is 4.79 Å². The Hall–Kier alpha value is -1.65. The first-order chi connectivity index (χ1) is 9.00. The summed E-state index contributed by atoms with van der Waals surface area (Å²) in [6, 6.07) is 0. The van der Waals surface area contributed by atoms with Crippen LogP contribution in [0.1, 0.15) is 49.9 Å². The number of nitrogens with zero attached hydrogens (tertiary/aromatic N) is 1. The van der Waals surface area contributed by atoms with E-state index < -0.39 is 11.2 Å². The van der Waals surface area contributed by atoms with Gasteiger partial charge in [0.15, 0.2) is 5.78 Å². The Bertz CT molecular complexity index is 585. The van der Waals surface area contributed by atoms with Gasteiger partial charge in [0.1, 0.15) is 0 Å². The second-order valence-corrected chi connectivity index (χ2v) is 5.50. The summed E-state index contributed by atoms with van der Waals surface area (Å²) in [5.41, 5.74) is -0.829. The van der Waals surface area contributed by atoms with Gasteiger partial charge in [-0.15, -0.1) is 0 Å².